The van der Waals surface area contributed by atoms with Gasteiger partial charge in [0.1, 0.15) is 5.78 Å². The van der Waals surface area contributed by atoms with Crippen LogP contribution < -0.4 is 0 Å². The van der Waals surface area contributed by atoms with Gasteiger partial charge >= 0.3 is 0 Å². The van der Waals surface area contributed by atoms with Crippen molar-refractivity contribution in [3.63, 3.8) is 0 Å². The Labute approximate surface area is 124 Å². The van der Waals surface area contributed by atoms with Crippen molar-refractivity contribution in [2.24, 2.45) is 0 Å². The summed E-state index contributed by atoms with van der Waals surface area (Å²) in [7, 11) is 0. The zero-order valence-electron chi connectivity index (χ0n) is 13.7. The fourth-order valence-electron chi connectivity index (χ4n) is 1.86. The van der Waals surface area contributed by atoms with E-state index in [0.717, 1.165) is 24.8 Å². The quantitative estimate of drug-likeness (QED) is 0.415. The van der Waals surface area contributed by atoms with Gasteiger partial charge in [-0.05, 0) is 59.5 Å². The molecule has 0 saturated carbocycles. The SMILES string of the molecule is CCOC(OCC)/C(C)=C/CC/C(C)=C/CCC(C)=O. The highest BCUT2D eigenvalue weighted by molar-refractivity contribution is 5.75. The highest BCUT2D eigenvalue weighted by atomic mass is 16.7. The van der Waals surface area contributed by atoms with E-state index in [1.165, 1.54) is 5.57 Å². The maximum absolute atomic E-state index is 10.9. The second-order valence-corrected chi connectivity index (χ2v) is 5.02. The molecule has 0 aliphatic carbocycles. The summed E-state index contributed by atoms with van der Waals surface area (Å²) in [5.74, 6) is 0.251. The summed E-state index contributed by atoms with van der Waals surface area (Å²) in [6, 6.07) is 0. The van der Waals surface area contributed by atoms with Crippen LogP contribution in [0.4, 0.5) is 0 Å². The summed E-state index contributed by atoms with van der Waals surface area (Å²) in [6.45, 7) is 11.1. The lowest BCUT2D eigenvalue weighted by molar-refractivity contribution is -0.116. The first-order valence-electron chi connectivity index (χ1n) is 7.56. The van der Waals surface area contributed by atoms with Crippen molar-refractivity contribution in [3.05, 3.63) is 23.3 Å². The molecule has 0 radical (unpaired) electrons. The Kier molecular flexibility index (Phi) is 11.3. The zero-order chi connectivity index (χ0) is 15.4. The number of ketones is 1. The molecule has 0 atom stereocenters. The molecule has 20 heavy (non-hydrogen) atoms. The fourth-order valence-corrected chi connectivity index (χ4v) is 1.86. The van der Waals surface area contributed by atoms with Gasteiger partial charge in [0.05, 0.1) is 0 Å². The third-order valence-electron chi connectivity index (χ3n) is 3.00. The minimum atomic E-state index is -0.216. The lowest BCUT2D eigenvalue weighted by Gasteiger charge is -2.17. The molecule has 0 aromatic heterocycles. The number of carbonyl (C=O) groups excluding carboxylic acids is 1. The molecule has 0 rings (SSSR count). The third kappa shape index (κ3) is 9.93. The highest BCUT2D eigenvalue weighted by Crippen LogP contribution is 2.13. The van der Waals surface area contributed by atoms with Crippen molar-refractivity contribution in [2.75, 3.05) is 13.2 Å². The number of hydrogen-bond donors (Lipinski definition) is 0. The summed E-state index contributed by atoms with van der Waals surface area (Å²) in [4.78, 5) is 10.9. The predicted octanol–water partition coefficient (Wildman–Crippen LogP) is 4.43. The highest BCUT2D eigenvalue weighted by Gasteiger charge is 2.09. The van der Waals surface area contributed by atoms with Gasteiger partial charge in [0.25, 0.3) is 0 Å². The Hall–Kier alpha value is -0.930. The summed E-state index contributed by atoms with van der Waals surface area (Å²) >= 11 is 0. The van der Waals surface area contributed by atoms with E-state index in [4.69, 9.17) is 9.47 Å². The van der Waals surface area contributed by atoms with E-state index >= 15 is 0 Å². The first-order valence-corrected chi connectivity index (χ1v) is 7.56. The van der Waals surface area contributed by atoms with Crippen LogP contribution in [0.25, 0.3) is 0 Å². The second-order valence-electron chi connectivity index (χ2n) is 5.02. The largest absolute Gasteiger partial charge is 0.349 e. The lowest BCUT2D eigenvalue weighted by Crippen LogP contribution is -2.18. The van der Waals surface area contributed by atoms with Gasteiger partial charge in [-0.3, -0.25) is 0 Å². The molecule has 0 aromatic rings. The van der Waals surface area contributed by atoms with Crippen LogP contribution >= 0.6 is 0 Å². The number of rotatable bonds is 11. The van der Waals surface area contributed by atoms with Crippen molar-refractivity contribution in [3.8, 4) is 0 Å². The molecule has 0 heterocycles. The van der Waals surface area contributed by atoms with Crippen LogP contribution in [0.5, 0.6) is 0 Å². The number of hydrogen-bond acceptors (Lipinski definition) is 3. The Morgan fingerprint density at radius 3 is 2.00 bits per heavy atom. The maximum Gasteiger partial charge on any atom is 0.179 e. The topological polar surface area (TPSA) is 35.5 Å². The average molecular weight is 282 g/mol. The van der Waals surface area contributed by atoms with Gasteiger partial charge in [0.15, 0.2) is 6.29 Å². The van der Waals surface area contributed by atoms with Gasteiger partial charge in [-0.15, -0.1) is 0 Å². The molecule has 0 saturated heterocycles. The maximum atomic E-state index is 10.9. The first kappa shape index (κ1) is 19.1. The molecule has 0 bridgehead atoms. The molecule has 3 nitrogen and oxygen atoms in total. The van der Waals surface area contributed by atoms with Crippen molar-refractivity contribution in [1.29, 1.82) is 0 Å². The molecule has 116 valence electrons. The van der Waals surface area contributed by atoms with E-state index in [2.05, 4.69) is 19.1 Å². The summed E-state index contributed by atoms with van der Waals surface area (Å²) in [5.41, 5.74) is 2.46. The van der Waals surface area contributed by atoms with E-state index in [9.17, 15) is 4.79 Å². The number of Topliss-reactive ketones (excluding diaryl/α,β-unsaturated/α-hetero) is 1. The van der Waals surface area contributed by atoms with E-state index in [1.807, 2.05) is 20.8 Å². The molecule has 0 aliphatic rings. The van der Waals surface area contributed by atoms with Crippen LogP contribution in [0.3, 0.4) is 0 Å². The van der Waals surface area contributed by atoms with E-state index in [1.54, 1.807) is 6.92 Å². The van der Waals surface area contributed by atoms with E-state index in [-0.39, 0.29) is 12.1 Å². The lowest BCUT2D eigenvalue weighted by atomic mass is 10.1. The van der Waals surface area contributed by atoms with E-state index < -0.39 is 0 Å². The predicted molar refractivity (Wildman–Crippen MR) is 83.7 cm³/mol. The van der Waals surface area contributed by atoms with Crippen LogP contribution in [0, 0.1) is 0 Å². The van der Waals surface area contributed by atoms with Crippen LogP contribution in [0.15, 0.2) is 23.3 Å². The summed E-state index contributed by atoms with van der Waals surface area (Å²) in [6.07, 6.45) is 7.61. The van der Waals surface area contributed by atoms with Gasteiger partial charge < -0.3 is 14.3 Å². The molecule has 0 fully saturated rings. The minimum absolute atomic E-state index is 0.216. The number of carbonyl (C=O) groups is 1. The van der Waals surface area contributed by atoms with Crippen molar-refractivity contribution < 1.29 is 14.3 Å². The van der Waals surface area contributed by atoms with Crippen molar-refractivity contribution in [2.45, 2.75) is 66.6 Å². The Morgan fingerprint density at radius 1 is 0.950 bits per heavy atom. The fraction of sp³-hybridized carbons (Fsp3) is 0.706. The van der Waals surface area contributed by atoms with Crippen LogP contribution in [0.1, 0.15) is 60.3 Å². The normalized spacial score (nSPS) is 13.1. The first-order chi connectivity index (χ1) is 9.51. The second kappa shape index (κ2) is 11.9. The summed E-state index contributed by atoms with van der Waals surface area (Å²) in [5, 5.41) is 0. The molecule has 0 aliphatic heterocycles. The zero-order valence-corrected chi connectivity index (χ0v) is 13.7. The van der Waals surface area contributed by atoms with Gasteiger partial charge in [-0.2, -0.15) is 0 Å². The van der Waals surface area contributed by atoms with Gasteiger partial charge in [0, 0.05) is 19.6 Å². The molecule has 0 N–H and O–H groups in total. The number of allylic oxidation sites excluding steroid dienone is 3. The smallest absolute Gasteiger partial charge is 0.179 e. The standard InChI is InChI=1S/C17H30O3/c1-6-19-17(20-7-2)15(4)12-8-10-14(3)11-9-13-16(5)18/h11-12,17H,6-10,13H2,1-5H3/b14-11+,15-12+. The molecule has 0 unspecified atom stereocenters. The molecule has 0 spiro atoms. The Morgan fingerprint density at radius 2 is 1.50 bits per heavy atom. The van der Waals surface area contributed by atoms with Gasteiger partial charge in [-0.1, -0.05) is 17.7 Å². The molecule has 0 aromatic carbocycles. The van der Waals surface area contributed by atoms with Gasteiger partial charge in [-0.25, -0.2) is 0 Å². The Bertz CT molecular complexity index is 323. The minimum Gasteiger partial charge on any atom is -0.349 e. The van der Waals surface area contributed by atoms with Crippen LogP contribution in [-0.4, -0.2) is 25.3 Å². The molecular formula is C17H30O3. The van der Waals surface area contributed by atoms with Gasteiger partial charge in [0.2, 0.25) is 0 Å². The molecule has 0 amide bonds. The summed E-state index contributed by atoms with van der Waals surface area (Å²) < 4.78 is 11.1. The van der Waals surface area contributed by atoms with E-state index in [0.29, 0.717) is 19.6 Å². The average Bonchev–Trinajstić information content (AvgIpc) is 2.38. The molecular weight excluding hydrogens is 252 g/mol. The Balaban J connectivity index is 4.15. The third-order valence-corrected chi connectivity index (χ3v) is 3.00. The van der Waals surface area contributed by atoms with Crippen LogP contribution in [0.2, 0.25) is 0 Å². The van der Waals surface area contributed by atoms with Crippen LogP contribution in [-0.2, 0) is 14.3 Å². The monoisotopic (exact) mass is 282 g/mol. The van der Waals surface area contributed by atoms with Crippen molar-refractivity contribution >= 4 is 5.78 Å². The van der Waals surface area contributed by atoms with Crippen molar-refractivity contribution in [1.82, 2.24) is 0 Å². The molecule has 3 heteroatoms. The number of ether oxygens (including phenoxy) is 2.